The van der Waals surface area contributed by atoms with Crippen molar-refractivity contribution in [3.8, 4) is 5.75 Å². The Morgan fingerprint density at radius 1 is 0.786 bits per heavy atom. The van der Waals surface area contributed by atoms with E-state index in [4.69, 9.17) is 0 Å². The number of alkyl halides is 5. The number of hydrogen-bond donors (Lipinski definition) is 0. The third kappa shape index (κ3) is 4.60. The minimum Gasteiger partial charge on any atom is -0.429 e. The van der Waals surface area contributed by atoms with E-state index in [-0.39, 0.29) is 24.1 Å². The van der Waals surface area contributed by atoms with Gasteiger partial charge in [0.25, 0.3) is 0 Å². The zero-order chi connectivity index (χ0) is 21.3. The van der Waals surface area contributed by atoms with E-state index in [1.54, 1.807) is 0 Å². The van der Waals surface area contributed by atoms with Crippen molar-refractivity contribution in [2.75, 3.05) is 0 Å². The minimum absolute atomic E-state index is 0.0427. The molecule has 0 atom stereocenters. The lowest BCUT2D eigenvalue weighted by atomic mass is 10.1. The van der Waals surface area contributed by atoms with Crippen LogP contribution in [0.3, 0.4) is 0 Å². The third-order valence-corrected chi connectivity index (χ3v) is 3.58. The normalized spacial score (nSPS) is 12.2. The highest BCUT2D eigenvalue weighted by atomic mass is 19.4. The van der Waals surface area contributed by atoms with E-state index in [9.17, 15) is 39.5 Å². The molecule has 0 spiro atoms. The van der Waals surface area contributed by atoms with Crippen molar-refractivity contribution in [1.82, 2.24) is 0 Å². The van der Waals surface area contributed by atoms with Crippen LogP contribution >= 0.6 is 0 Å². The van der Waals surface area contributed by atoms with Gasteiger partial charge in [-0.2, -0.15) is 22.0 Å². The van der Waals surface area contributed by atoms with Gasteiger partial charge in [0, 0.05) is 12.1 Å². The molecule has 0 saturated heterocycles. The Morgan fingerprint density at radius 2 is 1.25 bits per heavy atom. The first kappa shape index (κ1) is 21.6. The third-order valence-electron chi connectivity index (χ3n) is 3.58. The van der Waals surface area contributed by atoms with Gasteiger partial charge in [-0.15, -0.1) is 6.58 Å². The zero-order valence-corrected chi connectivity index (χ0v) is 13.8. The van der Waals surface area contributed by atoms with Crippen LogP contribution in [0, 0.1) is 23.3 Å². The van der Waals surface area contributed by atoms with Gasteiger partial charge in [0.2, 0.25) is 0 Å². The maximum atomic E-state index is 14.2. The molecular weight excluding hydrogens is 403 g/mol. The van der Waals surface area contributed by atoms with Crippen molar-refractivity contribution in [3.05, 3.63) is 76.9 Å². The summed E-state index contributed by atoms with van der Waals surface area (Å²) >= 11 is 0. The molecule has 0 fully saturated rings. The van der Waals surface area contributed by atoms with Gasteiger partial charge in [0.1, 0.15) is 40.1 Å². The molecule has 152 valence electrons. The molecule has 2 aromatic carbocycles. The molecule has 28 heavy (non-hydrogen) atoms. The average molecular weight is 414 g/mol. The van der Waals surface area contributed by atoms with E-state index in [1.807, 2.05) is 0 Å². The van der Waals surface area contributed by atoms with Crippen molar-refractivity contribution in [3.63, 3.8) is 0 Å². The predicted octanol–water partition coefficient (Wildman–Crippen LogP) is 6.51. The first-order valence-electron chi connectivity index (χ1n) is 7.59. The molecule has 0 aliphatic carbocycles. The molecule has 0 radical (unpaired) electrons. The SMILES string of the molecule is C=CCCc1cc(F)c(C(F)(F)Oc2cc(F)c(C(F)(F)F)c(F)c2)c(F)c1. The summed E-state index contributed by atoms with van der Waals surface area (Å²) in [6, 6.07) is 0.919. The molecule has 0 unspecified atom stereocenters. The van der Waals surface area contributed by atoms with Gasteiger partial charge in [-0.3, -0.25) is 0 Å². The number of halogens is 9. The lowest BCUT2D eigenvalue weighted by Gasteiger charge is -2.20. The molecular formula is C18H11F9O. The number of allylic oxidation sites excluding steroid dienone is 1. The summed E-state index contributed by atoms with van der Waals surface area (Å²) in [5.41, 5.74) is -4.12. The van der Waals surface area contributed by atoms with Gasteiger partial charge in [-0.05, 0) is 30.5 Å². The van der Waals surface area contributed by atoms with Crippen LogP contribution in [0.2, 0.25) is 0 Å². The van der Waals surface area contributed by atoms with Crippen LogP contribution in [-0.2, 0) is 18.7 Å². The summed E-state index contributed by atoms with van der Waals surface area (Å²) in [4.78, 5) is 0. The van der Waals surface area contributed by atoms with Gasteiger partial charge in [0.05, 0.1) is 0 Å². The molecule has 0 aliphatic rings. The summed E-state index contributed by atoms with van der Waals surface area (Å²) in [5, 5.41) is 0. The molecule has 0 saturated carbocycles. The topological polar surface area (TPSA) is 9.23 Å². The second-order valence-corrected chi connectivity index (χ2v) is 5.64. The number of ether oxygens (including phenoxy) is 1. The fourth-order valence-electron chi connectivity index (χ4n) is 2.40. The fourth-order valence-corrected chi connectivity index (χ4v) is 2.40. The van der Waals surface area contributed by atoms with E-state index >= 15 is 0 Å². The van der Waals surface area contributed by atoms with Crippen molar-refractivity contribution < 1.29 is 44.3 Å². The molecule has 0 amide bonds. The number of rotatable bonds is 6. The zero-order valence-electron chi connectivity index (χ0n) is 13.8. The summed E-state index contributed by atoms with van der Waals surface area (Å²) in [6.07, 6.45) is -8.32. The van der Waals surface area contributed by atoms with Gasteiger partial charge in [-0.1, -0.05) is 6.08 Å². The molecule has 2 aromatic rings. The van der Waals surface area contributed by atoms with Crippen LogP contribution in [-0.4, -0.2) is 0 Å². The fraction of sp³-hybridized carbons (Fsp3) is 0.222. The quantitative estimate of drug-likeness (QED) is 0.387. The first-order chi connectivity index (χ1) is 12.9. The smallest absolute Gasteiger partial charge is 0.429 e. The van der Waals surface area contributed by atoms with E-state index in [1.165, 1.54) is 6.08 Å². The van der Waals surface area contributed by atoms with Crippen molar-refractivity contribution in [1.29, 1.82) is 0 Å². The maximum absolute atomic E-state index is 14.2. The Bertz CT molecular complexity index is 841. The minimum atomic E-state index is -5.42. The summed E-state index contributed by atoms with van der Waals surface area (Å²) in [7, 11) is 0. The molecule has 0 N–H and O–H groups in total. The van der Waals surface area contributed by atoms with Crippen LogP contribution in [0.25, 0.3) is 0 Å². The summed E-state index contributed by atoms with van der Waals surface area (Å²) in [5.74, 6) is -9.23. The molecule has 0 bridgehead atoms. The summed E-state index contributed by atoms with van der Waals surface area (Å²) < 4.78 is 125. The molecule has 1 nitrogen and oxygen atoms in total. The lowest BCUT2D eigenvalue weighted by Crippen LogP contribution is -2.26. The van der Waals surface area contributed by atoms with Crippen LogP contribution in [0.1, 0.15) is 23.1 Å². The Labute approximate surface area is 153 Å². The maximum Gasteiger partial charge on any atom is 0.432 e. The Morgan fingerprint density at radius 3 is 1.68 bits per heavy atom. The van der Waals surface area contributed by atoms with Gasteiger partial charge in [-0.25, -0.2) is 17.6 Å². The van der Waals surface area contributed by atoms with E-state index in [2.05, 4.69) is 11.3 Å². The van der Waals surface area contributed by atoms with Crippen molar-refractivity contribution >= 4 is 0 Å². The Balaban J connectivity index is 2.40. The number of aryl methyl sites for hydroxylation is 1. The molecule has 0 heterocycles. The van der Waals surface area contributed by atoms with Crippen molar-refractivity contribution in [2.24, 2.45) is 0 Å². The van der Waals surface area contributed by atoms with Gasteiger partial charge < -0.3 is 4.74 Å². The van der Waals surface area contributed by atoms with Crippen LogP contribution in [0.5, 0.6) is 5.75 Å². The second-order valence-electron chi connectivity index (χ2n) is 5.64. The van der Waals surface area contributed by atoms with E-state index < -0.39 is 52.4 Å². The largest absolute Gasteiger partial charge is 0.432 e. The Kier molecular flexibility index (Phi) is 6.00. The molecule has 0 aliphatic heterocycles. The number of hydrogen-bond acceptors (Lipinski definition) is 1. The molecule has 0 aromatic heterocycles. The van der Waals surface area contributed by atoms with Gasteiger partial charge in [0.15, 0.2) is 0 Å². The van der Waals surface area contributed by atoms with Crippen molar-refractivity contribution in [2.45, 2.75) is 25.1 Å². The highest BCUT2D eigenvalue weighted by Crippen LogP contribution is 2.39. The first-order valence-corrected chi connectivity index (χ1v) is 7.59. The highest BCUT2D eigenvalue weighted by Gasteiger charge is 2.43. The number of benzene rings is 2. The van der Waals surface area contributed by atoms with Crippen LogP contribution in [0.15, 0.2) is 36.9 Å². The molecule has 10 heteroatoms. The standard InChI is InChI=1S/C18H11F9O/c1-2-3-4-9-5-11(19)16(12(20)6-9)18(26,27)28-10-7-13(21)15(14(22)8-10)17(23,24)25/h2,5-8H,1,3-4H2. The monoisotopic (exact) mass is 414 g/mol. The highest BCUT2D eigenvalue weighted by molar-refractivity contribution is 5.34. The van der Waals surface area contributed by atoms with E-state index in [0.29, 0.717) is 18.6 Å². The van der Waals surface area contributed by atoms with E-state index in [0.717, 1.165) is 0 Å². The Hall–Kier alpha value is -2.65. The molecule has 2 rings (SSSR count). The lowest BCUT2D eigenvalue weighted by molar-refractivity contribution is -0.189. The van der Waals surface area contributed by atoms with Crippen LogP contribution in [0.4, 0.5) is 39.5 Å². The van der Waals surface area contributed by atoms with Crippen LogP contribution < -0.4 is 4.74 Å². The van der Waals surface area contributed by atoms with Gasteiger partial charge >= 0.3 is 12.3 Å². The average Bonchev–Trinajstić information content (AvgIpc) is 2.49. The predicted molar refractivity (Wildman–Crippen MR) is 80.8 cm³/mol. The summed E-state index contributed by atoms with van der Waals surface area (Å²) in [6.45, 7) is 3.40. The second kappa shape index (κ2) is 7.76.